The topological polar surface area (TPSA) is 119 Å². The lowest BCUT2D eigenvalue weighted by Crippen LogP contribution is -2.69. The summed E-state index contributed by atoms with van der Waals surface area (Å²) in [6, 6.07) is 15.7. The molecule has 0 radical (unpaired) electrons. The molecule has 5 rings (SSSR count). The average molecular weight is 765 g/mol. The van der Waals surface area contributed by atoms with Crippen molar-refractivity contribution in [1.82, 2.24) is 4.90 Å². The second-order valence-corrected chi connectivity index (χ2v) is 16.5. The lowest BCUT2D eigenvalue weighted by molar-refractivity contribution is -0.253. The molecule has 54 heavy (non-hydrogen) atoms. The number of allylic oxidation sites excluding steroid dienone is 1. The number of amides is 1. The van der Waals surface area contributed by atoms with E-state index in [1.807, 2.05) is 51.1 Å². The highest BCUT2D eigenvalue weighted by atomic mass is 32.2. The number of ether oxygens (including phenoxy) is 4. The molecule has 2 aliphatic carbocycles. The molecule has 3 aliphatic rings. The molecule has 11 heteroatoms. The van der Waals surface area contributed by atoms with E-state index in [1.54, 1.807) is 36.7 Å². The molecule has 1 aliphatic heterocycles. The Labute approximate surface area is 325 Å². The van der Waals surface area contributed by atoms with Crippen LogP contribution in [0.15, 0.2) is 82.9 Å². The van der Waals surface area contributed by atoms with Crippen molar-refractivity contribution < 1.29 is 38.8 Å². The van der Waals surface area contributed by atoms with Crippen LogP contribution in [0.25, 0.3) is 0 Å². The van der Waals surface area contributed by atoms with Gasteiger partial charge in [-0.2, -0.15) is 0 Å². The highest BCUT2D eigenvalue weighted by Crippen LogP contribution is 2.61. The Balaban J connectivity index is 1.67. The van der Waals surface area contributed by atoms with Gasteiger partial charge in [0.2, 0.25) is 5.79 Å². The molecule has 6 unspecified atom stereocenters. The fraction of sp³-hybridized carbons (Fsp3) is 0.581. The van der Waals surface area contributed by atoms with Crippen LogP contribution in [0.3, 0.4) is 0 Å². The number of rotatable bonds is 19. The van der Waals surface area contributed by atoms with Crippen molar-refractivity contribution in [3.63, 3.8) is 0 Å². The van der Waals surface area contributed by atoms with Crippen LogP contribution in [0.5, 0.6) is 11.5 Å². The summed E-state index contributed by atoms with van der Waals surface area (Å²) >= 11 is 1.75. The lowest BCUT2D eigenvalue weighted by Gasteiger charge is -2.59. The SMILES string of the molecule is C=CCOC12Oc3ccc(OCCSc4ccccc4)cc3C3C(CCCCO)C(CCCCO)C=C(C(=NOC(C)(C)C)CC1N(C)C(=O)OCC)C32. The van der Waals surface area contributed by atoms with Gasteiger partial charge in [-0.25, -0.2) is 4.79 Å². The Morgan fingerprint density at radius 1 is 1.09 bits per heavy atom. The van der Waals surface area contributed by atoms with E-state index in [-0.39, 0.29) is 50.1 Å². The standard InChI is InChI=1S/C43H60N2O8S/c1-7-24-51-43-38(45(6)41(48)49-8-2)29-36(44-53-42(3,4)5)34-27-30(16-12-14-22-46)33(19-13-15-23-47)39(40(34)43)35-28-31(20-21-37(35)52-43)50-25-26-54-32-17-10-9-11-18-32/h7,9-11,17-18,20-21,27-28,30,33,38-40,46-47H,1,8,12-16,19,22-26,29H2,2-6H3. The molecule has 296 valence electrons. The maximum Gasteiger partial charge on any atom is 0.409 e. The minimum atomic E-state index is -1.32. The highest BCUT2D eigenvalue weighted by molar-refractivity contribution is 7.99. The zero-order valence-electron chi connectivity index (χ0n) is 32.7. The summed E-state index contributed by atoms with van der Waals surface area (Å²) in [5.41, 5.74) is 2.21. The number of aliphatic hydroxyl groups excluding tert-OH is 2. The number of hydrogen-bond donors (Lipinski definition) is 2. The Morgan fingerprint density at radius 3 is 2.52 bits per heavy atom. The van der Waals surface area contributed by atoms with Crippen LogP contribution in [0.2, 0.25) is 0 Å². The third-order valence-corrected chi connectivity index (χ3v) is 11.4. The summed E-state index contributed by atoms with van der Waals surface area (Å²) < 4.78 is 26.0. The third-order valence-electron chi connectivity index (χ3n) is 10.5. The quantitative estimate of drug-likeness (QED) is 0.0630. The second kappa shape index (κ2) is 19.4. The number of thioether (sulfide) groups is 1. The van der Waals surface area contributed by atoms with E-state index in [0.29, 0.717) is 31.6 Å². The van der Waals surface area contributed by atoms with Gasteiger partial charge in [0.05, 0.1) is 31.5 Å². The van der Waals surface area contributed by atoms with Crippen molar-refractivity contribution in [1.29, 1.82) is 0 Å². The lowest BCUT2D eigenvalue weighted by atomic mass is 9.55. The van der Waals surface area contributed by atoms with Gasteiger partial charge >= 0.3 is 6.09 Å². The van der Waals surface area contributed by atoms with Gasteiger partial charge in [-0.1, -0.05) is 48.3 Å². The van der Waals surface area contributed by atoms with Gasteiger partial charge < -0.3 is 38.9 Å². The average Bonchev–Trinajstić information content (AvgIpc) is 3.16. The molecule has 1 saturated carbocycles. The fourth-order valence-corrected chi connectivity index (χ4v) is 8.95. The number of carbonyl (C=O) groups is 1. The number of benzene rings is 2. The molecular formula is C43H60N2O8S. The van der Waals surface area contributed by atoms with Crippen molar-refractivity contribution in [3.8, 4) is 11.5 Å². The first-order valence-electron chi connectivity index (χ1n) is 19.5. The summed E-state index contributed by atoms with van der Waals surface area (Å²) in [6.07, 6.45) is 8.72. The van der Waals surface area contributed by atoms with E-state index in [2.05, 4.69) is 30.9 Å². The maximum absolute atomic E-state index is 13.6. The smallest absolute Gasteiger partial charge is 0.409 e. The number of aliphatic hydroxyl groups is 2. The van der Waals surface area contributed by atoms with Gasteiger partial charge in [-0.05, 0) is 101 Å². The van der Waals surface area contributed by atoms with Crippen LogP contribution >= 0.6 is 11.8 Å². The Kier molecular flexibility index (Phi) is 14.9. The number of fused-ring (bicyclic) bond motifs is 2. The summed E-state index contributed by atoms with van der Waals surface area (Å²) in [5.74, 6) is 0.660. The van der Waals surface area contributed by atoms with E-state index in [9.17, 15) is 15.0 Å². The van der Waals surface area contributed by atoms with Crippen LogP contribution in [-0.2, 0) is 14.3 Å². The first-order valence-corrected chi connectivity index (χ1v) is 20.5. The van der Waals surface area contributed by atoms with Crippen molar-refractivity contribution in [3.05, 3.63) is 78.4 Å². The van der Waals surface area contributed by atoms with Crippen LogP contribution in [0, 0.1) is 17.8 Å². The molecule has 2 aromatic rings. The van der Waals surface area contributed by atoms with Gasteiger partial charge in [0.15, 0.2) is 0 Å². The molecule has 0 spiro atoms. The van der Waals surface area contributed by atoms with E-state index in [0.717, 1.165) is 54.0 Å². The predicted octanol–water partition coefficient (Wildman–Crippen LogP) is 8.38. The van der Waals surface area contributed by atoms with Crippen molar-refractivity contribution >= 4 is 23.6 Å². The summed E-state index contributed by atoms with van der Waals surface area (Å²) in [4.78, 5) is 22.5. The molecule has 2 N–H and O–H groups in total. The fourth-order valence-electron chi connectivity index (χ4n) is 8.20. The number of hydrogen-bond acceptors (Lipinski definition) is 10. The summed E-state index contributed by atoms with van der Waals surface area (Å²) in [5, 5.41) is 24.5. The first kappa shape index (κ1) is 41.6. The largest absolute Gasteiger partial charge is 0.493 e. The second-order valence-electron chi connectivity index (χ2n) is 15.3. The van der Waals surface area contributed by atoms with Gasteiger partial charge in [0.25, 0.3) is 0 Å². The van der Waals surface area contributed by atoms with Crippen LogP contribution in [0.1, 0.15) is 84.1 Å². The van der Waals surface area contributed by atoms with Crippen molar-refractivity contribution in [2.45, 2.75) is 101 Å². The van der Waals surface area contributed by atoms with Crippen molar-refractivity contribution in [2.75, 3.05) is 45.8 Å². The molecule has 6 atom stereocenters. The molecule has 10 nitrogen and oxygen atoms in total. The number of nitrogens with zero attached hydrogens (tertiary/aromatic N) is 2. The monoisotopic (exact) mass is 764 g/mol. The van der Waals surface area contributed by atoms with E-state index in [4.69, 9.17) is 28.9 Å². The minimum Gasteiger partial charge on any atom is -0.493 e. The van der Waals surface area contributed by atoms with Gasteiger partial charge in [-0.15, -0.1) is 18.3 Å². The van der Waals surface area contributed by atoms with E-state index < -0.39 is 23.5 Å². The molecule has 2 aromatic carbocycles. The Hall–Kier alpha value is -3.51. The van der Waals surface area contributed by atoms with Crippen molar-refractivity contribution in [2.24, 2.45) is 22.9 Å². The number of oxime groups is 1. The number of likely N-dealkylation sites (N-methyl/N-ethyl adjacent to an activating group) is 1. The first-order chi connectivity index (χ1) is 26.1. The maximum atomic E-state index is 13.6. The zero-order valence-corrected chi connectivity index (χ0v) is 33.5. The molecule has 1 heterocycles. The molecule has 0 saturated heterocycles. The highest BCUT2D eigenvalue weighted by Gasteiger charge is 2.65. The predicted molar refractivity (Wildman–Crippen MR) is 213 cm³/mol. The number of unbranched alkanes of at least 4 members (excludes halogenated alkanes) is 2. The van der Waals surface area contributed by atoms with Crippen LogP contribution in [-0.4, -0.2) is 90.2 Å². The zero-order chi connectivity index (χ0) is 38.7. The number of carbonyl (C=O) groups excluding carboxylic acids is 1. The Bertz CT molecular complexity index is 1590. The van der Waals surface area contributed by atoms with Gasteiger partial charge in [0, 0.05) is 48.8 Å². The molecular weight excluding hydrogens is 705 g/mol. The summed E-state index contributed by atoms with van der Waals surface area (Å²) in [6.45, 7) is 12.9. The van der Waals surface area contributed by atoms with Gasteiger partial charge in [0.1, 0.15) is 23.1 Å². The molecule has 0 bridgehead atoms. The van der Waals surface area contributed by atoms with Gasteiger partial charge in [-0.3, -0.25) is 0 Å². The molecule has 1 fully saturated rings. The van der Waals surface area contributed by atoms with E-state index in [1.165, 1.54) is 4.90 Å². The normalized spacial score (nSPS) is 25.1. The molecule has 0 aromatic heterocycles. The van der Waals surface area contributed by atoms with Crippen LogP contribution in [0.4, 0.5) is 4.79 Å². The third kappa shape index (κ3) is 9.83. The minimum absolute atomic E-state index is 0.121. The Morgan fingerprint density at radius 2 is 1.83 bits per heavy atom. The summed E-state index contributed by atoms with van der Waals surface area (Å²) in [7, 11) is 1.73. The van der Waals surface area contributed by atoms with E-state index >= 15 is 0 Å². The molecule has 1 amide bonds. The van der Waals surface area contributed by atoms with Crippen LogP contribution < -0.4 is 9.47 Å².